The quantitative estimate of drug-likeness (QED) is 0.803. The lowest BCUT2D eigenvalue weighted by Gasteiger charge is -2.08. The van der Waals surface area contributed by atoms with E-state index in [1.807, 2.05) is 31.2 Å². The molecule has 2 aromatic rings. The van der Waals surface area contributed by atoms with Gasteiger partial charge in [-0.2, -0.15) is 4.98 Å². The Morgan fingerprint density at radius 3 is 2.65 bits per heavy atom. The Labute approximate surface area is 118 Å². The third-order valence-electron chi connectivity index (χ3n) is 2.42. The first-order valence-corrected chi connectivity index (χ1v) is 6.46. The SMILES string of the molecule is CCOc1cncc(Nc2ccc(OCCN)cc2)n1. The molecule has 0 unspecified atom stereocenters. The Morgan fingerprint density at radius 1 is 1.15 bits per heavy atom. The van der Waals surface area contributed by atoms with E-state index in [0.717, 1.165) is 11.4 Å². The minimum absolute atomic E-state index is 0.500. The molecule has 0 aliphatic carbocycles. The molecule has 0 fully saturated rings. The van der Waals surface area contributed by atoms with E-state index in [2.05, 4.69) is 15.3 Å². The first kappa shape index (κ1) is 14.1. The summed E-state index contributed by atoms with van der Waals surface area (Å²) in [6.45, 7) is 3.47. The molecule has 1 aromatic heterocycles. The normalized spacial score (nSPS) is 10.1. The van der Waals surface area contributed by atoms with Crippen LogP contribution in [0.5, 0.6) is 11.6 Å². The molecule has 20 heavy (non-hydrogen) atoms. The molecular weight excluding hydrogens is 256 g/mol. The number of aromatic nitrogens is 2. The molecule has 106 valence electrons. The molecule has 0 atom stereocenters. The fourth-order valence-corrected chi connectivity index (χ4v) is 1.58. The van der Waals surface area contributed by atoms with Crippen molar-refractivity contribution in [2.24, 2.45) is 5.73 Å². The number of anilines is 2. The molecule has 0 aliphatic rings. The van der Waals surface area contributed by atoms with Gasteiger partial charge < -0.3 is 20.5 Å². The van der Waals surface area contributed by atoms with Gasteiger partial charge in [0.15, 0.2) is 5.82 Å². The van der Waals surface area contributed by atoms with E-state index in [9.17, 15) is 0 Å². The van der Waals surface area contributed by atoms with Crippen molar-refractivity contribution in [2.75, 3.05) is 25.1 Å². The van der Waals surface area contributed by atoms with Gasteiger partial charge in [-0.1, -0.05) is 0 Å². The Kier molecular flexibility index (Phi) is 5.14. The topological polar surface area (TPSA) is 82.3 Å². The molecule has 2 rings (SSSR count). The van der Waals surface area contributed by atoms with Crippen molar-refractivity contribution in [3.63, 3.8) is 0 Å². The highest BCUT2D eigenvalue weighted by atomic mass is 16.5. The summed E-state index contributed by atoms with van der Waals surface area (Å²) in [5.41, 5.74) is 6.28. The third kappa shape index (κ3) is 4.10. The van der Waals surface area contributed by atoms with E-state index in [1.165, 1.54) is 0 Å². The van der Waals surface area contributed by atoms with Crippen molar-refractivity contribution in [3.05, 3.63) is 36.7 Å². The van der Waals surface area contributed by atoms with Crippen molar-refractivity contribution >= 4 is 11.5 Å². The molecule has 0 amide bonds. The summed E-state index contributed by atoms with van der Waals surface area (Å²) in [5.74, 6) is 1.92. The molecular formula is C14H18N4O2. The van der Waals surface area contributed by atoms with Crippen LogP contribution in [0.15, 0.2) is 36.7 Å². The van der Waals surface area contributed by atoms with E-state index in [-0.39, 0.29) is 0 Å². The van der Waals surface area contributed by atoms with E-state index in [0.29, 0.717) is 31.5 Å². The summed E-state index contributed by atoms with van der Waals surface area (Å²) in [6.07, 6.45) is 3.22. The maximum absolute atomic E-state index is 5.41. The Morgan fingerprint density at radius 2 is 1.95 bits per heavy atom. The smallest absolute Gasteiger partial charge is 0.234 e. The molecule has 0 saturated heterocycles. The number of nitrogens with two attached hydrogens (primary N) is 1. The van der Waals surface area contributed by atoms with Crippen LogP contribution in [-0.4, -0.2) is 29.7 Å². The fraction of sp³-hybridized carbons (Fsp3) is 0.286. The number of nitrogens with zero attached hydrogens (tertiary/aromatic N) is 2. The van der Waals surface area contributed by atoms with Crippen molar-refractivity contribution in [1.82, 2.24) is 9.97 Å². The summed E-state index contributed by atoms with van der Waals surface area (Å²) in [7, 11) is 0. The zero-order chi connectivity index (χ0) is 14.2. The molecule has 0 saturated carbocycles. The molecule has 3 N–H and O–H groups in total. The number of rotatable bonds is 7. The Bertz CT molecular complexity index is 531. The van der Waals surface area contributed by atoms with E-state index < -0.39 is 0 Å². The maximum atomic E-state index is 5.41. The summed E-state index contributed by atoms with van der Waals surface area (Å²) in [4.78, 5) is 8.36. The molecule has 1 heterocycles. The highest BCUT2D eigenvalue weighted by Crippen LogP contribution is 2.19. The summed E-state index contributed by atoms with van der Waals surface area (Å²) < 4.78 is 10.7. The molecule has 6 nitrogen and oxygen atoms in total. The zero-order valence-electron chi connectivity index (χ0n) is 11.4. The van der Waals surface area contributed by atoms with Crippen LogP contribution in [0, 0.1) is 0 Å². The van der Waals surface area contributed by atoms with Gasteiger partial charge in [0.05, 0.1) is 19.0 Å². The second kappa shape index (κ2) is 7.30. The second-order valence-corrected chi connectivity index (χ2v) is 3.96. The third-order valence-corrected chi connectivity index (χ3v) is 2.42. The van der Waals surface area contributed by atoms with Crippen LogP contribution in [0.2, 0.25) is 0 Å². The molecule has 0 spiro atoms. The second-order valence-electron chi connectivity index (χ2n) is 3.96. The number of nitrogens with one attached hydrogen (secondary N) is 1. The van der Waals surface area contributed by atoms with E-state index in [4.69, 9.17) is 15.2 Å². The maximum Gasteiger partial charge on any atom is 0.234 e. The first-order valence-electron chi connectivity index (χ1n) is 6.46. The fourth-order valence-electron chi connectivity index (χ4n) is 1.58. The van der Waals surface area contributed by atoms with Gasteiger partial charge in [-0.05, 0) is 31.2 Å². The van der Waals surface area contributed by atoms with Crippen molar-refractivity contribution in [3.8, 4) is 11.6 Å². The molecule has 0 radical (unpaired) electrons. The van der Waals surface area contributed by atoms with Crippen LogP contribution in [0.3, 0.4) is 0 Å². The van der Waals surface area contributed by atoms with Crippen molar-refractivity contribution < 1.29 is 9.47 Å². The molecule has 0 aliphatic heterocycles. The van der Waals surface area contributed by atoms with Crippen LogP contribution in [-0.2, 0) is 0 Å². The van der Waals surface area contributed by atoms with Gasteiger partial charge in [0, 0.05) is 12.2 Å². The number of hydrogen-bond acceptors (Lipinski definition) is 6. The minimum Gasteiger partial charge on any atom is -0.492 e. The average Bonchev–Trinajstić information content (AvgIpc) is 2.47. The minimum atomic E-state index is 0.500. The predicted molar refractivity (Wildman–Crippen MR) is 77.5 cm³/mol. The van der Waals surface area contributed by atoms with Gasteiger partial charge >= 0.3 is 0 Å². The van der Waals surface area contributed by atoms with Crippen LogP contribution in [0.25, 0.3) is 0 Å². The van der Waals surface area contributed by atoms with Crippen LogP contribution in [0.1, 0.15) is 6.92 Å². The average molecular weight is 274 g/mol. The highest BCUT2D eigenvalue weighted by Gasteiger charge is 2.00. The highest BCUT2D eigenvalue weighted by molar-refractivity contribution is 5.56. The van der Waals surface area contributed by atoms with Gasteiger partial charge in [0.1, 0.15) is 12.4 Å². The van der Waals surface area contributed by atoms with Crippen LogP contribution in [0.4, 0.5) is 11.5 Å². The lowest BCUT2D eigenvalue weighted by Crippen LogP contribution is -2.10. The number of ether oxygens (including phenoxy) is 2. The van der Waals surface area contributed by atoms with Gasteiger partial charge in [-0.25, -0.2) is 0 Å². The van der Waals surface area contributed by atoms with Crippen molar-refractivity contribution in [2.45, 2.75) is 6.92 Å². The first-order chi connectivity index (χ1) is 9.81. The Hall–Kier alpha value is -2.34. The number of benzene rings is 1. The standard InChI is InChI=1S/C14H18N4O2/c1-2-19-14-10-16-9-13(18-14)17-11-3-5-12(6-4-11)20-8-7-15/h3-6,9-10H,2,7-8,15H2,1H3,(H,17,18). The zero-order valence-corrected chi connectivity index (χ0v) is 11.4. The van der Waals surface area contributed by atoms with E-state index >= 15 is 0 Å². The monoisotopic (exact) mass is 274 g/mol. The van der Waals surface area contributed by atoms with Gasteiger partial charge in [0.2, 0.25) is 5.88 Å². The van der Waals surface area contributed by atoms with Gasteiger partial charge in [-0.15, -0.1) is 0 Å². The summed E-state index contributed by atoms with van der Waals surface area (Å²) >= 11 is 0. The molecule has 0 bridgehead atoms. The summed E-state index contributed by atoms with van der Waals surface area (Å²) in [5, 5.41) is 3.15. The van der Waals surface area contributed by atoms with Gasteiger partial charge in [0.25, 0.3) is 0 Å². The van der Waals surface area contributed by atoms with Crippen LogP contribution < -0.4 is 20.5 Å². The van der Waals surface area contributed by atoms with Crippen molar-refractivity contribution in [1.29, 1.82) is 0 Å². The molecule has 6 heteroatoms. The largest absolute Gasteiger partial charge is 0.492 e. The lowest BCUT2D eigenvalue weighted by molar-refractivity contribution is 0.326. The number of hydrogen-bond donors (Lipinski definition) is 2. The van der Waals surface area contributed by atoms with Crippen LogP contribution >= 0.6 is 0 Å². The Balaban J connectivity index is 2.00. The van der Waals surface area contributed by atoms with Gasteiger partial charge in [-0.3, -0.25) is 4.98 Å². The predicted octanol–water partition coefficient (Wildman–Crippen LogP) is 1.96. The van der Waals surface area contributed by atoms with E-state index in [1.54, 1.807) is 12.4 Å². The molecule has 1 aromatic carbocycles. The lowest BCUT2D eigenvalue weighted by atomic mass is 10.3. The summed E-state index contributed by atoms with van der Waals surface area (Å²) in [6, 6.07) is 7.55.